The van der Waals surface area contributed by atoms with Crippen LogP contribution in [0.3, 0.4) is 0 Å². The second-order valence-electron chi connectivity index (χ2n) is 4.03. The van der Waals surface area contributed by atoms with E-state index in [4.69, 9.17) is 17.3 Å². The van der Waals surface area contributed by atoms with E-state index >= 15 is 0 Å². The number of ketones is 1. The summed E-state index contributed by atoms with van der Waals surface area (Å²) in [6.07, 6.45) is -0.385. The maximum atomic E-state index is 13.4. The first-order valence-electron chi connectivity index (χ1n) is 5.50. The van der Waals surface area contributed by atoms with Crippen LogP contribution in [0, 0.1) is 11.6 Å². The van der Waals surface area contributed by atoms with E-state index in [2.05, 4.69) is 0 Å². The Morgan fingerprint density at radius 1 is 1.16 bits per heavy atom. The predicted molar refractivity (Wildman–Crippen MR) is 70.3 cm³/mol. The second-order valence-corrected chi connectivity index (χ2v) is 4.47. The molecule has 0 bridgehead atoms. The van der Waals surface area contributed by atoms with Crippen LogP contribution in [0.25, 0.3) is 0 Å². The third kappa shape index (κ3) is 2.90. The summed E-state index contributed by atoms with van der Waals surface area (Å²) in [5.41, 5.74) is 5.79. The summed E-state index contributed by atoms with van der Waals surface area (Å²) in [5, 5.41) is 0.395. The number of halogens is 3. The van der Waals surface area contributed by atoms with Crippen molar-refractivity contribution >= 4 is 23.1 Å². The molecule has 2 rings (SSSR count). The van der Waals surface area contributed by atoms with Gasteiger partial charge >= 0.3 is 0 Å². The molecule has 0 fully saturated rings. The van der Waals surface area contributed by atoms with Crippen molar-refractivity contribution in [1.82, 2.24) is 0 Å². The Labute approximate surface area is 113 Å². The number of hydrogen-bond donors (Lipinski definition) is 1. The minimum absolute atomic E-state index is 0.189. The molecule has 0 aliphatic rings. The molecule has 2 nitrogen and oxygen atoms in total. The molecule has 0 heterocycles. The Kier molecular flexibility index (Phi) is 3.81. The first-order chi connectivity index (χ1) is 8.99. The molecule has 0 saturated carbocycles. The van der Waals surface area contributed by atoms with E-state index in [9.17, 15) is 13.6 Å². The smallest absolute Gasteiger partial charge is 0.169 e. The molecule has 98 valence electrons. The van der Waals surface area contributed by atoms with E-state index in [1.54, 1.807) is 0 Å². The van der Waals surface area contributed by atoms with E-state index in [0.717, 1.165) is 12.1 Å². The van der Waals surface area contributed by atoms with Gasteiger partial charge in [-0.15, -0.1) is 0 Å². The normalized spacial score (nSPS) is 10.5. The number of anilines is 1. The van der Waals surface area contributed by atoms with Gasteiger partial charge in [-0.2, -0.15) is 0 Å². The van der Waals surface area contributed by atoms with E-state index in [1.165, 1.54) is 24.3 Å². The first-order valence-corrected chi connectivity index (χ1v) is 5.88. The average molecular weight is 282 g/mol. The molecule has 0 aliphatic heterocycles. The van der Waals surface area contributed by atoms with Gasteiger partial charge < -0.3 is 5.73 Å². The van der Waals surface area contributed by atoms with Crippen molar-refractivity contribution in [2.45, 2.75) is 6.42 Å². The van der Waals surface area contributed by atoms with Crippen molar-refractivity contribution in [3.63, 3.8) is 0 Å². The van der Waals surface area contributed by atoms with Crippen LogP contribution in [-0.4, -0.2) is 5.78 Å². The van der Waals surface area contributed by atoms with Gasteiger partial charge in [-0.1, -0.05) is 17.7 Å². The van der Waals surface area contributed by atoms with Crippen LogP contribution in [0.2, 0.25) is 5.02 Å². The molecule has 0 radical (unpaired) electrons. The van der Waals surface area contributed by atoms with Gasteiger partial charge in [0.2, 0.25) is 0 Å². The number of carbonyl (C=O) groups is 1. The van der Waals surface area contributed by atoms with E-state index in [0.29, 0.717) is 5.02 Å². The van der Waals surface area contributed by atoms with Gasteiger partial charge in [-0.3, -0.25) is 4.79 Å². The fraction of sp³-hybridized carbons (Fsp3) is 0.0714. The minimum atomic E-state index is -0.749. The van der Waals surface area contributed by atoms with Gasteiger partial charge in [-0.25, -0.2) is 8.78 Å². The highest BCUT2D eigenvalue weighted by atomic mass is 35.5. The third-order valence-electron chi connectivity index (χ3n) is 2.71. The monoisotopic (exact) mass is 281 g/mol. The molecule has 2 aromatic carbocycles. The maximum Gasteiger partial charge on any atom is 0.169 e. The Balaban J connectivity index is 2.31. The highest BCUT2D eigenvalue weighted by Gasteiger charge is 2.16. The van der Waals surface area contributed by atoms with Crippen LogP contribution in [0.1, 0.15) is 15.9 Å². The fourth-order valence-electron chi connectivity index (χ4n) is 1.74. The standard InChI is InChI=1S/C14H10ClF2NO/c15-8-4-5-9(13(18)6-8)14(19)7-10-11(16)2-1-3-12(10)17/h1-6H,7,18H2. The lowest BCUT2D eigenvalue weighted by molar-refractivity contribution is 0.0991. The van der Waals surface area contributed by atoms with Crippen LogP contribution in [0.4, 0.5) is 14.5 Å². The molecule has 5 heteroatoms. The van der Waals surface area contributed by atoms with Crippen LogP contribution in [-0.2, 0) is 6.42 Å². The number of Topliss-reactive ketones (excluding diaryl/α,β-unsaturated/α-hetero) is 1. The summed E-state index contributed by atoms with van der Waals surface area (Å²) in [5.74, 6) is -1.96. The molecule has 0 atom stereocenters. The molecule has 0 unspecified atom stereocenters. The number of carbonyl (C=O) groups excluding carboxylic acids is 1. The molecular formula is C14H10ClF2NO. The average Bonchev–Trinajstić information content (AvgIpc) is 2.33. The molecule has 2 N–H and O–H groups in total. The van der Waals surface area contributed by atoms with Crippen LogP contribution < -0.4 is 5.73 Å². The number of hydrogen-bond acceptors (Lipinski definition) is 2. The lowest BCUT2D eigenvalue weighted by atomic mass is 10.0. The zero-order valence-corrected chi connectivity index (χ0v) is 10.5. The summed E-state index contributed by atoms with van der Waals surface area (Å²) < 4.78 is 26.9. The summed E-state index contributed by atoms with van der Waals surface area (Å²) in [7, 11) is 0. The maximum absolute atomic E-state index is 13.4. The van der Waals surface area contributed by atoms with Gasteiger partial charge in [0.1, 0.15) is 11.6 Å². The Morgan fingerprint density at radius 3 is 2.37 bits per heavy atom. The van der Waals surface area contributed by atoms with E-state index in [-0.39, 0.29) is 23.2 Å². The van der Waals surface area contributed by atoms with E-state index < -0.39 is 17.4 Å². The fourth-order valence-corrected chi connectivity index (χ4v) is 1.93. The highest BCUT2D eigenvalue weighted by molar-refractivity contribution is 6.31. The topological polar surface area (TPSA) is 43.1 Å². The summed E-state index contributed by atoms with van der Waals surface area (Å²) in [6, 6.07) is 7.83. The first kappa shape index (κ1) is 13.5. The molecule has 0 amide bonds. The van der Waals surface area contributed by atoms with Crippen molar-refractivity contribution in [3.8, 4) is 0 Å². The van der Waals surface area contributed by atoms with Crippen LogP contribution in [0.5, 0.6) is 0 Å². The molecule has 19 heavy (non-hydrogen) atoms. The van der Waals surface area contributed by atoms with E-state index in [1.807, 2.05) is 0 Å². The molecule has 0 saturated heterocycles. The molecule has 0 aromatic heterocycles. The Morgan fingerprint density at radius 2 is 1.79 bits per heavy atom. The number of benzene rings is 2. The number of rotatable bonds is 3. The van der Waals surface area contributed by atoms with Crippen molar-refractivity contribution in [2.75, 3.05) is 5.73 Å². The molecule has 0 aliphatic carbocycles. The lowest BCUT2D eigenvalue weighted by Crippen LogP contribution is -2.09. The van der Waals surface area contributed by atoms with Gasteiger partial charge in [0.05, 0.1) is 0 Å². The van der Waals surface area contributed by atoms with Crippen molar-refractivity contribution < 1.29 is 13.6 Å². The second kappa shape index (κ2) is 5.36. The summed E-state index contributed by atoms with van der Waals surface area (Å²) in [4.78, 5) is 12.0. The molecular weight excluding hydrogens is 272 g/mol. The van der Waals surface area contributed by atoms with Gasteiger partial charge in [-0.05, 0) is 30.3 Å². The van der Waals surface area contributed by atoms with Gasteiger partial charge in [0.15, 0.2) is 5.78 Å². The summed E-state index contributed by atoms with van der Waals surface area (Å²) in [6.45, 7) is 0. The summed E-state index contributed by atoms with van der Waals surface area (Å²) >= 11 is 5.72. The van der Waals surface area contributed by atoms with Crippen molar-refractivity contribution in [3.05, 3.63) is 64.2 Å². The van der Waals surface area contributed by atoms with Crippen LogP contribution in [0.15, 0.2) is 36.4 Å². The number of nitrogen functional groups attached to an aromatic ring is 1. The zero-order chi connectivity index (χ0) is 14.0. The van der Waals surface area contributed by atoms with Crippen molar-refractivity contribution in [1.29, 1.82) is 0 Å². The number of nitrogens with two attached hydrogens (primary N) is 1. The predicted octanol–water partition coefficient (Wildman–Crippen LogP) is 3.63. The Bertz CT molecular complexity index is 623. The quantitative estimate of drug-likeness (QED) is 0.690. The SMILES string of the molecule is Nc1cc(Cl)ccc1C(=O)Cc1c(F)cccc1F. The van der Waals surface area contributed by atoms with Crippen molar-refractivity contribution in [2.24, 2.45) is 0 Å². The molecule has 0 spiro atoms. The lowest BCUT2D eigenvalue weighted by Gasteiger charge is -2.07. The largest absolute Gasteiger partial charge is 0.398 e. The molecule has 2 aromatic rings. The zero-order valence-electron chi connectivity index (χ0n) is 9.79. The van der Waals surface area contributed by atoms with Crippen LogP contribution >= 0.6 is 11.6 Å². The highest BCUT2D eigenvalue weighted by Crippen LogP contribution is 2.21. The van der Waals surface area contributed by atoms with Gasteiger partial charge in [0, 0.05) is 28.3 Å². The van der Waals surface area contributed by atoms with Gasteiger partial charge in [0.25, 0.3) is 0 Å². The Hall–Kier alpha value is -1.94. The minimum Gasteiger partial charge on any atom is -0.398 e. The third-order valence-corrected chi connectivity index (χ3v) is 2.95.